The van der Waals surface area contributed by atoms with E-state index in [-0.39, 0.29) is 3.23 Å². The monoisotopic (exact) mass is 256 g/mol. The molecule has 0 bridgehead atoms. The van der Waals surface area contributed by atoms with Crippen LogP contribution in [0.15, 0.2) is 0 Å². The average Bonchev–Trinajstić information content (AvgIpc) is 1.84. The molecule has 56 valence electrons. The van der Waals surface area contributed by atoms with Crippen molar-refractivity contribution >= 4 is 31.9 Å². The topological polar surface area (TPSA) is 0 Å². The molecule has 0 rings (SSSR count). The largest absolute Gasteiger partial charge is 0.0803 e. The molecule has 0 saturated carbocycles. The number of hydrogen-bond acceptors (Lipinski definition) is 0. The quantitative estimate of drug-likeness (QED) is 0.666. The fraction of sp³-hybridized carbons (Fsp3) is 1.00. The van der Waals surface area contributed by atoms with Gasteiger partial charge in [0, 0.05) is 0 Å². The molecule has 0 heterocycles. The highest BCUT2D eigenvalue weighted by Gasteiger charge is 2.17. The Bertz CT molecular complexity index is 69.3. The van der Waals surface area contributed by atoms with Crippen molar-refractivity contribution in [3.63, 3.8) is 0 Å². The van der Waals surface area contributed by atoms with Crippen LogP contribution in [0.25, 0.3) is 0 Å². The lowest BCUT2D eigenvalue weighted by molar-refractivity contribution is 0.653. The number of alkyl halides is 2. The molecule has 0 radical (unpaired) electrons. The molecule has 0 aromatic carbocycles. The number of rotatable bonds is 4. The van der Waals surface area contributed by atoms with Gasteiger partial charge in [0.25, 0.3) is 0 Å². The second kappa shape index (κ2) is 4.73. The van der Waals surface area contributed by atoms with Crippen molar-refractivity contribution in [3.05, 3.63) is 0 Å². The minimum absolute atomic E-state index is 0.218. The van der Waals surface area contributed by atoms with Crippen LogP contribution in [0, 0.1) is 0 Å². The lowest BCUT2D eigenvalue weighted by atomic mass is 10.2. The molecule has 0 spiro atoms. The predicted octanol–water partition coefficient (Wildman–Crippen LogP) is 4.07. The van der Waals surface area contributed by atoms with Crippen molar-refractivity contribution in [1.29, 1.82) is 0 Å². The first-order chi connectivity index (χ1) is 4.12. The molecule has 0 saturated heterocycles. The predicted molar refractivity (Wildman–Crippen MR) is 50.4 cm³/mol. The first-order valence-electron chi connectivity index (χ1n) is 3.50. The summed E-state index contributed by atoms with van der Waals surface area (Å²) in [5.74, 6) is 0. The highest BCUT2D eigenvalue weighted by atomic mass is 79.9. The highest BCUT2D eigenvalue weighted by Crippen LogP contribution is 2.34. The van der Waals surface area contributed by atoms with Crippen LogP contribution >= 0.6 is 31.9 Å². The fourth-order valence-electron chi connectivity index (χ4n) is 0.612. The van der Waals surface area contributed by atoms with Gasteiger partial charge in [0.15, 0.2) is 0 Å². The Morgan fingerprint density at radius 1 is 1.22 bits per heavy atom. The summed E-state index contributed by atoms with van der Waals surface area (Å²) < 4.78 is 0.218. The molecule has 0 nitrogen and oxygen atoms in total. The third kappa shape index (κ3) is 5.41. The molecule has 0 fully saturated rings. The van der Waals surface area contributed by atoms with Crippen molar-refractivity contribution in [3.8, 4) is 0 Å². The van der Waals surface area contributed by atoms with Gasteiger partial charge in [-0.3, -0.25) is 0 Å². The molecular weight excluding hydrogens is 244 g/mol. The summed E-state index contributed by atoms with van der Waals surface area (Å²) in [7, 11) is 0. The van der Waals surface area contributed by atoms with E-state index in [1.165, 1.54) is 19.3 Å². The average molecular weight is 258 g/mol. The van der Waals surface area contributed by atoms with Crippen molar-refractivity contribution in [1.82, 2.24) is 0 Å². The molecule has 0 aliphatic carbocycles. The maximum Gasteiger partial charge on any atom is 0.0803 e. The lowest BCUT2D eigenvalue weighted by Crippen LogP contribution is -2.07. The zero-order valence-electron chi connectivity index (χ0n) is 6.08. The van der Waals surface area contributed by atoms with Crippen LogP contribution in [-0.2, 0) is 0 Å². The third-order valence-corrected chi connectivity index (χ3v) is 3.33. The van der Waals surface area contributed by atoms with E-state index < -0.39 is 0 Å². The van der Waals surface area contributed by atoms with Crippen molar-refractivity contribution < 1.29 is 0 Å². The van der Waals surface area contributed by atoms with Crippen molar-refractivity contribution in [2.45, 2.75) is 42.8 Å². The van der Waals surface area contributed by atoms with E-state index in [1.807, 2.05) is 0 Å². The Labute approximate surface area is 74.7 Å². The van der Waals surface area contributed by atoms with Crippen LogP contribution in [0.2, 0.25) is 0 Å². The van der Waals surface area contributed by atoms with Gasteiger partial charge in [0.1, 0.15) is 0 Å². The van der Waals surface area contributed by atoms with Crippen LogP contribution in [0.1, 0.15) is 39.5 Å². The third-order valence-electron chi connectivity index (χ3n) is 1.41. The Balaban J connectivity index is 3.33. The Kier molecular flexibility index (Phi) is 5.23. The molecule has 0 aromatic heterocycles. The van der Waals surface area contributed by atoms with Crippen molar-refractivity contribution in [2.24, 2.45) is 0 Å². The summed E-state index contributed by atoms with van der Waals surface area (Å²) in [5, 5.41) is 0. The van der Waals surface area contributed by atoms with Crippen molar-refractivity contribution in [2.75, 3.05) is 0 Å². The minimum atomic E-state index is 0.218. The van der Waals surface area contributed by atoms with Gasteiger partial charge in [-0.25, -0.2) is 0 Å². The molecule has 2 heteroatoms. The smallest absolute Gasteiger partial charge is 0.0727 e. The van der Waals surface area contributed by atoms with E-state index in [1.54, 1.807) is 0 Å². The molecule has 0 aromatic rings. The second-order valence-corrected chi connectivity index (χ2v) is 6.41. The van der Waals surface area contributed by atoms with Crippen LogP contribution in [0.5, 0.6) is 0 Å². The van der Waals surface area contributed by atoms with E-state index in [9.17, 15) is 0 Å². The second-order valence-electron chi connectivity index (χ2n) is 2.31. The van der Waals surface area contributed by atoms with E-state index in [2.05, 4.69) is 45.7 Å². The molecule has 0 amide bonds. The zero-order valence-corrected chi connectivity index (χ0v) is 9.26. The zero-order chi connectivity index (χ0) is 7.33. The molecule has 0 aliphatic rings. The van der Waals surface area contributed by atoms with E-state index in [4.69, 9.17) is 0 Å². The summed E-state index contributed by atoms with van der Waals surface area (Å²) in [6.45, 7) is 4.39. The minimum Gasteiger partial charge on any atom is -0.0727 e. The molecule has 0 N–H and O–H groups in total. The first kappa shape index (κ1) is 9.96. The van der Waals surface area contributed by atoms with Gasteiger partial charge in [-0.15, -0.1) is 0 Å². The van der Waals surface area contributed by atoms with E-state index in [0.29, 0.717) is 0 Å². The molecule has 0 aliphatic heterocycles. The molecular formula is C7H14Br2. The molecule has 9 heavy (non-hydrogen) atoms. The van der Waals surface area contributed by atoms with Crippen LogP contribution in [-0.4, -0.2) is 3.23 Å². The van der Waals surface area contributed by atoms with E-state index in [0.717, 1.165) is 6.42 Å². The van der Waals surface area contributed by atoms with Crippen LogP contribution in [0.3, 0.4) is 0 Å². The summed E-state index contributed by atoms with van der Waals surface area (Å²) in [6, 6.07) is 0. The van der Waals surface area contributed by atoms with Gasteiger partial charge in [-0.1, -0.05) is 58.5 Å². The summed E-state index contributed by atoms with van der Waals surface area (Å²) >= 11 is 7.20. The maximum absolute atomic E-state index is 3.60. The summed E-state index contributed by atoms with van der Waals surface area (Å²) in [4.78, 5) is 0. The summed E-state index contributed by atoms with van der Waals surface area (Å²) in [6.07, 6.45) is 4.94. The standard InChI is InChI=1S/C7H14Br2/c1-3-5-6-7(8,9)4-2/h3-6H2,1-2H3. The molecule has 0 atom stereocenters. The van der Waals surface area contributed by atoms with Crippen LogP contribution in [0.4, 0.5) is 0 Å². The fourth-order valence-corrected chi connectivity index (χ4v) is 1.17. The number of unbranched alkanes of at least 4 members (excludes halogenated alkanes) is 1. The maximum atomic E-state index is 3.60. The van der Waals surface area contributed by atoms with Gasteiger partial charge >= 0.3 is 0 Å². The number of halogens is 2. The summed E-state index contributed by atoms with van der Waals surface area (Å²) in [5.41, 5.74) is 0. The van der Waals surface area contributed by atoms with Crippen LogP contribution < -0.4 is 0 Å². The first-order valence-corrected chi connectivity index (χ1v) is 5.09. The lowest BCUT2D eigenvalue weighted by Gasteiger charge is -2.16. The highest BCUT2D eigenvalue weighted by molar-refractivity contribution is 9.25. The van der Waals surface area contributed by atoms with Gasteiger partial charge in [0.05, 0.1) is 3.23 Å². The normalized spacial score (nSPS) is 12.0. The van der Waals surface area contributed by atoms with E-state index >= 15 is 0 Å². The van der Waals surface area contributed by atoms with Gasteiger partial charge in [-0.2, -0.15) is 0 Å². The Hall–Kier alpha value is 0.960. The Morgan fingerprint density at radius 2 is 1.78 bits per heavy atom. The van der Waals surface area contributed by atoms with Gasteiger partial charge in [-0.05, 0) is 12.8 Å². The molecule has 0 unspecified atom stereocenters. The van der Waals surface area contributed by atoms with Gasteiger partial charge in [0.2, 0.25) is 0 Å². The van der Waals surface area contributed by atoms with Gasteiger partial charge < -0.3 is 0 Å². The SMILES string of the molecule is CCCCC(Br)(Br)CC. The Morgan fingerprint density at radius 3 is 2.11 bits per heavy atom. The number of hydrogen-bond donors (Lipinski definition) is 0.